The van der Waals surface area contributed by atoms with Crippen molar-refractivity contribution >= 4 is 7.12 Å². The average Bonchev–Trinajstić information content (AvgIpc) is 2.72. The molecule has 110 valence electrons. The molecular weight excluding hydrogens is 247 g/mol. The lowest BCUT2D eigenvalue weighted by atomic mass is 9.43. The lowest BCUT2D eigenvalue weighted by Crippen LogP contribution is -2.65. The second-order valence-electron chi connectivity index (χ2n) is 7.60. The van der Waals surface area contributed by atoms with Crippen LogP contribution < -0.4 is 0 Å². The third kappa shape index (κ3) is 2.02. The summed E-state index contributed by atoms with van der Waals surface area (Å²) in [6.45, 7) is 13.2. The molecule has 4 rings (SSSR count). The van der Waals surface area contributed by atoms with Gasteiger partial charge in [-0.2, -0.15) is 0 Å². The second-order valence-corrected chi connectivity index (χ2v) is 7.60. The molecule has 0 aromatic carbocycles. The molecule has 0 aromatic rings. The van der Waals surface area contributed by atoms with Crippen molar-refractivity contribution in [2.24, 2.45) is 17.3 Å². The predicted octanol–water partition coefficient (Wildman–Crippen LogP) is 4.24. The molecule has 4 fully saturated rings. The van der Waals surface area contributed by atoms with Crippen molar-refractivity contribution in [3.63, 3.8) is 0 Å². The highest BCUT2D eigenvalue weighted by Gasteiger charge is 2.67. The van der Waals surface area contributed by atoms with Crippen LogP contribution in [0.1, 0.15) is 47.0 Å². The first-order chi connectivity index (χ1) is 9.38. The van der Waals surface area contributed by atoms with Gasteiger partial charge in [-0.1, -0.05) is 38.2 Å². The molecule has 2 bridgehead atoms. The number of hydrogen-bond donors (Lipinski definition) is 0. The predicted molar refractivity (Wildman–Crippen MR) is 83.5 cm³/mol. The molecule has 0 N–H and O–H groups in total. The van der Waals surface area contributed by atoms with E-state index < -0.39 is 0 Å². The summed E-state index contributed by atoms with van der Waals surface area (Å²) in [5, 5.41) is 0. The van der Waals surface area contributed by atoms with Crippen LogP contribution in [0.3, 0.4) is 0 Å². The topological polar surface area (TPSA) is 18.5 Å². The van der Waals surface area contributed by atoms with Crippen molar-refractivity contribution in [1.29, 1.82) is 0 Å². The van der Waals surface area contributed by atoms with E-state index in [9.17, 15) is 0 Å². The SMILES string of the molecule is C=C(/C=C\C)CCB1OC2C[C@@H]3CC(C2(C)O1)C3(C)C. The van der Waals surface area contributed by atoms with Crippen LogP contribution in [-0.2, 0) is 9.31 Å². The van der Waals surface area contributed by atoms with Gasteiger partial charge in [-0.05, 0) is 56.7 Å². The monoisotopic (exact) mass is 274 g/mol. The van der Waals surface area contributed by atoms with Gasteiger partial charge in [0.25, 0.3) is 0 Å². The van der Waals surface area contributed by atoms with Crippen LogP contribution >= 0.6 is 0 Å². The molecule has 4 atom stereocenters. The number of hydrogen-bond acceptors (Lipinski definition) is 2. The number of allylic oxidation sites excluding steroid dienone is 3. The van der Waals surface area contributed by atoms with Gasteiger partial charge < -0.3 is 9.31 Å². The van der Waals surface area contributed by atoms with Crippen molar-refractivity contribution in [3.05, 3.63) is 24.3 Å². The Morgan fingerprint density at radius 3 is 2.75 bits per heavy atom. The van der Waals surface area contributed by atoms with Crippen LogP contribution in [0.15, 0.2) is 24.3 Å². The average molecular weight is 274 g/mol. The maximum atomic E-state index is 6.38. The lowest BCUT2D eigenvalue weighted by Gasteiger charge is -2.64. The zero-order chi connectivity index (χ0) is 14.5. The minimum atomic E-state index is -0.0646. The summed E-state index contributed by atoms with van der Waals surface area (Å²) in [5.74, 6) is 1.48. The van der Waals surface area contributed by atoms with Gasteiger partial charge >= 0.3 is 7.12 Å². The molecule has 3 saturated carbocycles. The van der Waals surface area contributed by atoms with Crippen LogP contribution in [0.5, 0.6) is 0 Å². The third-order valence-electron chi connectivity index (χ3n) is 6.11. The molecule has 1 saturated heterocycles. The van der Waals surface area contributed by atoms with Crippen LogP contribution in [0.4, 0.5) is 0 Å². The molecule has 0 amide bonds. The Hall–Kier alpha value is -0.535. The van der Waals surface area contributed by atoms with E-state index in [4.69, 9.17) is 9.31 Å². The summed E-state index contributed by atoms with van der Waals surface area (Å²) >= 11 is 0. The normalized spacial score (nSPS) is 41.6. The van der Waals surface area contributed by atoms with Crippen molar-refractivity contribution in [2.75, 3.05) is 0 Å². The Labute approximate surface area is 123 Å². The van der Waals surface area contributed by atoms with Crippen molar-refractivity contribution in [1.82, 2.24) is 0 Å². The summed E-state index contributed by atoms with van der Waals surface area (Å²) < 4.78 is 12.6. The standard InChI is InChI=1S/C17H27BO2/c1-6-7-12(2)8-9-18-19-15-11-13-10-14(16(13,3)4)17(15,5)20-18/h6-7,13-15H,2,8-11H2,1,3-5H3/b7-6-/t13-,14?,15?,17?/m0/s1. The van der Waals surface area contributed by atoms with Gasteiger partial charge in [0.15, 0.2) is 0 Å². The minimum Gasteiger partial charge on any atom is -0.405 e. The third-order valence-corrected chi connectivity index (χ3v) is 6.11. The second kappa shape index (κ2) is 4.74. The summed E-state index contributed by atoms with van der Waals surface area (Å²) in [4.78, 5) is 0. The summed E-state index contributed by atoms with van der Waals surface area (Å²) in [6, 6.07) is 0. The van der Waals surface area contributed by atoms with Crippen LogP contribution in [0.2, 0.25) is 6.32 Å². The quantitative estimate of drug-likeness (QED) is 0.564. The molecule has 1 heterocycles. The zero-order valence-electron chi connectivity index (χ0n) is 13.3. The first-order valence-corrected chi connectivity index (χ1v) is 8.01. The van der Waals surface area contributed by atoms with Gasteiger partial charge in [-0.15, -0.1) is 0 Å². The smallest absolute Gasteiger partial charge is 0.405 e. The molecule has 20 heavy (non-hydrogen) atoms. The molecule has 0 aromatic heterocycles. The molecule has 0 spiro atoms. The van der Waals surface area contributed by atoms with E-state index in [0.29, 0.717) is 17.4 Å². The van der Waals surface area contributed by atoms with Crippen LogP contribution in [-0.4, -0.2) is 18.8 Å². The van der Waals surface area contributed by atoms with Gasteiger partial charge in [-0.25, -0.2) is 0 Å². The summed E-state index contributed by atoms with van der Waals surface area (Å²) in [6.07, 6.45) is 8.79. The van der Waals surface area contributed by atoms with Crippen LogP contribution in [0, 0.1) is 17.3 Å². The van der Waals surface area contributed by atoms with Crippen molar-refractivity contribution in [3.8, 4) is 0 Å². The Kier molecular flexibility index (Phi) is 3.41. The maximum Gasteiger partial charge on any atom is 0.457 e. The molecule has 3 heteroatoms. The van der Waals surface area contributed by atoms with E-state index in [2.05, 4.69) is 33.4 Å². The van der Waals surface area contributed by atoms with E-state index in [1.807, 2.05) is 13.0 Å². The minimum absolute atomic E-state index is 0.0397. The summed E-state index contributed by atoms with van der Waals surface area (Å²) in [7, 11) is -0.0397. The summed E-state index contributed by atoms with van der Waals surface area (Å²) in [5.41, 5.74) is 1.52. The molecule has 1 aliphatic heterocycles. The Bertz CT molecular complexity index is 442. The molecule has 3 aliphatic carbocycles. The van der Waals surface area contributed by atoms with E-state index in [0.717, 1.165) is 24.2 Å². The first kappa shape index (κ1) is 14.4. The van der Waals surface area contributed by atoms with E-state index >= 15 is 0 Å². The van der Waals surface area contributed by atoms with Gasteiger partial charge in [0, 0.05) is 0 Å². The highest BCUT2D eigenvalue weighted by molar-refractivity contribution is 6.45. The fourth-order valence-electron chi connectivity index (χ4n) is 4.70. The van der Waals surface area contributed by atoms with Gasteiger partial charge in [0.2, 0.25) is 0 Å². The molecule has 2 nitrogen and oxygen atoms in total. The molecule has 4 aliphatic rings. The Morgan fingerprint density at radius 1 is 1.35 bits per heavy atom. The van der Waals surface area contributed by atoms with Gasteiger partial charge in [0.05, 0.1) is 11.7 Å². The van der Waals surface area contributed by atoms with E-state index in [1.165, 1.54) is 12.8 Å². The van der Waals surface area contributed by atoms with Crippen molar-refractivity contribution in [2.45, 2.75) is 65.0 Å². The lowest BCUT2D eigenvalue weighted by molar-refractivity contribution is -0.199. The fraction of sp³-hybridized carbons (Fsp3) is 0.765. The Balaban J connectivity index is 1.63. The molecular formula is C17H27BO2. The first-order valence-electron chi connectivity index (χ1n) is 8.01. The van der Waals surface area contributed by atoms with Crippen molar-refractivity contribution < 1.29 is 9.31 Å². The van der Waals surface area contributed by atoms with Crippen LogP contribution in [0.25, 0.3) is 0 Å². The molecule has 0 radical (unpaired) electrons. The zero-order valence-corrected chi connectivity index (χ0v) is 13.3. The number of rotatable bonds is 4. The highest BCUT2D eigenvalue weighted by Crippen LogP contribution is 2.65. The highest BCUT2D eigenvalue weighted by atomic mass is 16.7. The largest absolute Gasteiger partial charge is 0.457 e. The Morgan fingerprint density at radius 2 is 2.10 bits per heavy atom. The van der Waals surface area contributed by atoms with E-state index in [-0.39, 0.29) is 12.7 Å². The van der Waals surface area contributed by atoms with E-state index in [1.54, 1.807) is 0 Å². The van der Waals surface area contributed by atoms with Gasteiger partial charge in [0.1, 0.15) is 0 Å². The van der Waals surface area contributed by atoms with Gasteiger partial charge in [-0.3, -0.25) is 0 Å². The molecule has 3 unspecified atom stereocenters. The maximum absolute atomic E-state index is 6.38. The fourth-order valence-corrected chi connectivity index (χ4v) is 4.70.